The first-order chi connectivity index (χ1) is 18.6. The molecule has 0 atom stereocenters. The minimum Gasteiger partial charge on any atom is -0.493 e. The second-order valence-corrected chi connectivity index (χ2v) is 9.57. The van der Waals surface area contributed by atoms with Gasteiger partial charge in [-0.3, -0.25) is 10.3 Å². The number of ether oxygens (including phenoxy) is 4. The predicted octanol–water partition coefficient (Wildman–Crippen LogP) is 3.98. The molecule has 10 heteroatoms. The van der Waals surface area contributed by atoms with E-state index in [2.05, 4.69) is 40.1 Å². The molecular formula is C28H42N6O4. The van der Waals surface area contributed by atoms with Crippen molar-refractivity contribution in [3.63, 3.8) is 0 Å². The molecule has 0 saturated carbocycles. The van der Waals surface area contributed by atoms with Crippen molar-refractivity contribution in [2.75, 3.05) is 77.1 Å². The number of hydrazone groups is 1. The second kappa shape index (κ2) is 14.2. The minimum absolute atomic E-state index is 0.367. The average molecular weight is 527 g/mol. The third-order valence-electron chi connectivity index (χ3n) is 6.83. The molecule has 2 heterocycles. The molecule has 1 aromatic carbocycles. The number of aryl methyl sites for hydroxylation is 1. The van der Waals surface area contributed by atoms with E-state index in [-0.39, 0.29) is 0 Å². The van der Waals surface area contributed by atoms with Crippen molar-refractivity contribution in [1.29, 1.82) is 0 Å². The van der Waals surface area contributed by atoms with Gasteiger partial charge < -0.3 is 23.8 Å². The van der Waals surface area contributed by atoms with Crippen LogP contribution in [0.5, 0.6) is 17.5 Å². The summed E-state index contributed by atoms with van der Waals surface area (Å²) >= 11 is 0. The van der Waals surface area contributed by atoms with Crippen LogP contribution >= 0.6 is 0 Å². The Morgan fingerprint density at radius 2 is 1.74 bits per heavy atom. The first-order valence-corrected chi connectivity index (χ1v) is 13.8. The van der Waals surface area contributed by atoms with E-state index < -0.39 is 0 Å². The maximum atomic E-state index is 6.05. The van der Waals surface area contributed by atoms with Crippen molar-refractivity contribution in [1.82, 2.24) is 14.9 Å². The molecule has 38 heavy (non-hydrogen) atoms. The zero-order valence-electron chi connectivity index (χ0n) is 23.3. The Balaban J connectivity index is 1.56. The Bertz CT molecular complexity index is 1070. The summed E-state index contributed by atoms with van der Waals surface area (Å²) in [5, 5.41) is 4.80. The van der Waals surface area contributed by atoms with Crippen LogP contribution in [0, 0.1) is 0 Å². The SMILES string of the molecule is CCCN(CCC)c1cc(N/N=C2\CCCc3cc(OC)c(OC)cc32)nc(OCCN2CCOCC2)n1. The highest BCUT2D eigenvalue weighted by Gasteiger charge is 2.20. The highest BCUT2D eigenvalue weighted by atomic mass is 16.5. The van der Waals surface area contributed by atoms with E-state index in [0.29, 0.717) is 24.2 Å². The summed E-state index contributed by atoms with van der Waals surface area (Å²) in [7, 11) is 3.32. The van der Waals surface area contributed by atoms with E-state index in [9.17, 15) is 0 Å². The molecule has 0 radical (unpaired) electrons. The van der Waals surface area contributed by atoms with E-state index in [1.807, 2.05) is 12.1 Å². The van der Waals surface area contributed by atoms with Crippen molar-refractivity contribution in [3.8, 4) is 17.5 Å². The smallest absolute Gasteiger partial charge is 0.320 e. The van der Waals surface area contributed by atoms with Gasteiger partial charge in [-0.2, -0.15) is 15.1 Å². The second-order valence-electron chi connectivity index (χ2n) is 9.57. The van der Waals surface area contributed by atoms with Gasteiger partial charge in [-0.05, 0) is 49.8 Å². The standard InChI is InChI=1S/C28H42N6O4/c1-5-10-34(11-6-2)27-20-26(29-28(30-27)38-17-14-33-12-15-37-16-13-33)32-31-23-9-7-8-21-18-24(35-3)25(36-4)19-22(21)23/h18-20H,5-17H2,1-4H3,(H,29,30,32)/b31-23+. The molecule has 0 unspecified atom stereocenters. The maximum absolute atomic E-state index is 6.05. The Hall–Kier alpha value is -3.11. The van der Waals surface area contributed by atoms with Crippen molar-refractivity contribution in [3.05, 3.63) is 29.3 Å². The lowest BCUT2D eigenvalue weighted by Gasteiger charge is -2.26. The summed E-state index contributed by atoms with van der Waals surface area (Å²) in [6, 6.07) is 6.40. The fraction of sp³-hybridized carbons (Fsp3) is 0.607. The number of fused-ring (bicyclic) bond motifs is 1. The molecule has 0 amide bonds. The highest BCUT2D eigenvalue weighted by molar-refractivity contribution is 6.03. The number of hydrogen-bond acceptors (Lipinski definition) is 10. The molecule has 208 valence electrons. The van der Waals surface area contributed by atoms with Crippen molar-refractivity contribution in [2.45, 2.75) is 46.0 Å². The highest BCUT2D eigenvalue weighted by Crippen LogP contribution is 2.34. The fourth-order valence-corrected chi connectivity index (χ4v) is 4.89. The molecule has 0 spiro atoms. The molecule has 2 aromatic rings. The molecule has 0 bridgehead atoms. The lowest BCUT2D eigenvalue weighted by Crippen LogP contribution is -2.38. The summed E-state index contributed by atoms with van der Waals surface area (Å²) < 4.78 is 22.5. The van der Waals surface area contributed by atoms with Crippen LogP contribution in [-0.2, 0) is 11.2 Å². The van der Waals surface area contributed by atoms with Gasteiger partial charge in [0.25, 0.3) is 0 Å². The van der Waals surface area contributed by atoms with Gasteiger partial charge in [-0.15, -0.1) is 0 Å². The molecule has 1 saturated heterocycles. The van der Waals surface area contributed by atoms with Crippen LogP contribution in [0.1, 0.15) is 50.7 Å². The number of benzene rings is 1. The molecule has 1 N–H and O–H groups in total. The van der Waals surface area contributed by atoms with Gasteiger partial charge >= 0.3 is 6.01 Å². The summed E-state index contributed by atoms with van der Waals surface area (Å²) in [6.07, 6.45) is 4.94. The average Bonchev–Trinajstić information content (AvgIpc) is 2.95. The van der Waals surface area contributed by atoms with E-state index in [0.717, 1.165) is 101 Å². The van der Waals surface area contributed by atoms with E-state index in [4.69, 9.17) is 29.0 Å². The predicted molar refractivity (Wildman–Crippen MR) is 150 cm³/mol. The number of aromatic nitrogens is 2. The van der Waals surface area contributed by atoms with Gasteiger partial charge in [-0.25, -0.2) is 0 Å². The molecular weight excluding hydrogens is 484 g/mol. The number of nitrogens with one attached hydrogen (secondary N) is 1. The van der Waals surface area contributed by atoms with Gasteiger partial charge in [0.2, 0.25) is 0 Å². The van der Waals surface area contributed by atoms with Crippen LogP contribution in [0.3, 0.4) is 0 Å². The summed E-state index contributed by atoms with van der Waals surface area (Å²) in [6.45, 7) is 10.9. The van der Waals surface area contributed by atoms with E-state index in [1.165, 1.54) is 5.56 Å². The zero-order valence-corrected chi connectivity index (χ0v) is 23.3. The van der Waals surface area contributed by atoms with Gasteiger partial charge in [0, 0.05) is 44.4 Å². The van der Waals surface area contributed by atoms with Crippen LogP contribution < -0.4 is 24.5 Å². The van der Waals surface area contributed by atoms with E-state index in [1.54, 1.807) is 14.2 Å². The minimum atomic E-state index is 0.367. The van der Waals surface area contributed by atoms with Crippen LogP contribution in [0.2, 0.25) is 0 Å². The Labute approximate surface area is 226 Å². The lowest BCUT2D eigenvalue weighted by atomic mass is 9.89. The summed E-state index contributed by atoms with van der Waals surface area (Å²) in [5.41, 5.74) is 6.48. The maximum Gasteiger partial charge on any atom is 0.320 e. The number of methoxy groups -OCH3 is 2. The quantitative estimate of drug-likeness (QED) is 0.389. The fourth-order valence-electron chi connectivity index (χ4n) is 4.89. The third kappa shape index (κ3) is 7.26. The molecule has 4 rings (SSSR count). The monoisotopic (exact) mass is 526 g/mol. The topological polar surface area (TPSA) is 93.6 Å². The van der Waals surface area contributed by atoms with Crippen molar-refractivity contribution in [2.24, 2.45) is 5.10 Å². The zero-order chi connectivity index (χ0) is 26.7. The number of rotatable bonds is 13. The first kappa shape index (κ1) is 27.9. The van der Waals surface area contributed by atoms with Crippen LogP contribution in [0.25, 0.3) is 0 Å². The lowest BCUT2D eigenvalue weighted by molar-refractivity contribution is 0.0317. The Morgan fingerprint density at radius 1 is 1.00 bits per heavy atom. The van der Waals surface area contributed by atoms with Gasteiger partial charge in [-0.1, -0.05) is 13.8 Å². The summed E-state index contributed by atoms with van der Waals surface area (Å²) in [5.74, 6) is 2.92. The first-order valence-electron chi connectivity index (χ1n) is 13.8. The Kier molecular flexibility index (Phi) is 10.4. The van der Waals surface area contributed by atoms with Crippen LogP contribution in [-0.4, -0.2) is 87.3 Å². The molecule has 1 aromatic heterocycles. The van der Waals surface area contributed by atoms with Crippen LogP contribution in [0.4, 0.5) is 11.6 Å². The van der Waals surface area contributed by atoms with Crippen molar-refractivity contribution >= 4 is 17.3 Å². The molecule has 1 aliphatic heterocycles. The molecule has 1 fully saturated rings. The number of nitrogens with zero attached hydrogens (tertiary/aromatic N) is 5. The molecule has 1 aliphatic carbocycles. The normalized spacial score (nSPS) is 16.7. The largest absolute Gasteiger partial charge is 0.493 e. The molecule has 2 aliphatic rings. The Morgan fingerprint density at radius 3 is 2.45 bits per heavy atom. The summed E-state index contributed by atoms with van der Waals surface area (Å²) in [4.78, 5) is 14.0. The van der Waals surface area contributed by atoms with Gasteiger partial charge in [0.15, 0.2) is 17.3 Å². The van der Waals surface area contributed by atoms with Gasteiger partial charge in [0.05, 0.1) is 33.1 Å². The van der Waals surface area contributed by atoms with Crippen molar-refractivity contribution < 1.29 is 18.9 Å². The number of anilines is 2. The van der Waals surface area contributed by atoms with Crippen LogP contribution in [0.15, 0.2) is 23.3 Å². The molecule has 10 nitrogen and oxygen atoms in total. The number of hydrogen-bond donors (Lipinski definition) is 1. The van der Waals surface area contributed by atoms with Gasteiger partial charge in [0.1, 0.15) is 12.4 Å². The third-order valence-corrected chi connectivity index (χ3v) is 6.83. The number of morpholine rings is 1. The van der Waals surface area contributed by atoms with E-state index >= 15 is 0 Å².